The maximum atomic E-state index is 6.57. The first-order chi connectivity index (χ1) is 41.0. The molecule has 6 heteroatoms. The van der Waals surface area contributed by atoms with E-state index >= 15 is 0 Å². The van der Waals surface area contributed by atoms with Crippen LogP contribution >= 0.6 is 0 Å². The number of allylic oxidation sites excluding steroid dienone is 2. The number of nitrogens with zero attached hydrogens (tertiary/aromatic N) is 2. The quantitative estimate of drug-likeness (QED) is 0.0360. The normalized spacial score (nSPS) is 11.0. The fraction of sp³-hybridized carbons (Fsp3) is 0.273. The van der Waals surface area contributed by atoms with Gasteiger partial charge in [0.25, 0.3) is 0 Å². The molecule has 8 rings (SSSR count). The Bertz CT molecular complexity index is 3840. The molecular weight excluding hydrogens is 1020 g/mol. The van der Waals surface area contributed by atoms with Crippen LogP contribution in [0.3, 0.4) is 0 Å². The van der Waals surface area contributed by atoms with Crippen molar-refractivity contribution in [2.24, 2.45) is 0 Å². The number of rotatable bonds is 28. The van der Waals surface area contributed by atoms with Crippen LogP contribution in [0.5, 0.6) is 11.5 Å². The van der Waals surface area contributed by atoms with Crippen LogP contribution in [0.1, 0.15) is 134 Å². The molecule has 0 saturated heterocycles. The number of unbranched alkanes of at least 4 members (excludes halogenated alkanes) is 12. The lowest BCUT2D eigenvalue weighted by molar-refractivity contribution is 0.157. The third kappa shape index (κ3) is 16.9. The lowest BCUT2D eigenvalue weighted by Crippen LogP contribution is -2.00. The summed E-state index contributed by atoms with van der Waals surface area (Å²) in [5.74, 6) is 23.0. The molecule has 0 saturated carbocycles. The Morgan fingerprint density at radius 2 is 1.04 bits per heavy atom. The van der Waals surface area contributed by atoms with Gasteiger partial charge in [-0.2, -0.15) is 0 Å². The van der Waals surface area contributed by atoms with Gasteiger partial charge in [-0.1, -0.05) is 194 Å². The Morgan fingerprint density at radius 1 is 0.470 bits per heavy atom. The van der Waals surface area contributed by atoms with E-state index in [-0.39, 0.29) is 0 Å². The minimum absolute atomic E-state index is 0.437. The molecule has 0 unspecified atom stereocenters. The van der Waals surface area contributed by atoms with Crippen molar-refractivity contribution in [3.05, 3.63) is 162 Å². The predicted octanol–water partition coefficient (Wildman–Crippen LogP) is 19.7. The Hall–Kier alpha value is -9.22. The molecule has 83 heavy (non-hydrogen) atoms. The Kier molecular flexibility index (Phi) is 23.7. The van der Waals surface area contributed by atoms with Gasteiger partial charge in [0.05, 0.1) is 13.2 Å². The van der Waals surface area contributed by atoms with Gasteiger partial charge in [-0.3, -0.25) is 0 Å². The number of terminal acetylenes is 1. The molecule has 0 radical (unpaired) electrons. The highest BCUT2D eigenvalue weighted by Crippen LogP contribution is 2.45. The molecule has 0 amide bonds. The molecular formula is C77H74N2O4. The highest BCUT2D eigenvalue weighted by atomic mass is 16.5. The molecule has 8 aromatic rings. The minimum Gasteiger partial charge on any atom is -0.493 e. The van der Waals surface area contributed by atoms with E-state index in [1.807, 2.05) is 48.5 Å². The highest BCUT2D eigenvalue weighted by Gasteiger charge is 2.20. The Balaban J connectivity index is 1.23. The molecule has 0 aliphatic rings. The van der Waals surface area contributed by atoms with Crippen LogP contribution < -0.4 is 9.47 Å². The van der Waals surface area contributed by atoms with Gasteiger partial charge in [0.15, 0.2) is 0 Å². The average Bonchev–Trinajstić information content (AvgIpc) is 3.91. The maximum Gasteiger partial charge on any atom is 0.248 e. The summed E-state index contributed by atoms with van der Waals surface area (Å²) in [5, 5.41) is 13.1. The summed E-state index contributed by atoms with van der Waals surface area (Å²) in [6, 6.07) is 44.4. The lowest BCUT2D eigenvalue weighted by atomic mass is 9.85. The van der Waals surface area contributed by atoms with E-state index in [2.05, 4.69) is 207 Å². The number of fused-ring (bicyclic) bond motifs is 2. The van der Waals surface area contributed by atoms with Crippen LogP contribution in [0, 0.1) is 59.9 Å². The largest absolute Gasteiger partial charge is 0.493 e. The third-order valence-electron chi connectivity index (χ3n) is 14.5. The van der Waals surface area contributed by atoms with Gasteiger partial charge >= 0.3 is 0 Å². The fourth-order valence-corrected chi connectivity index (χ4v) is 10.4. The van der Waals surface area contributed by atoms with Crippen LogP contribution in [0.2, 0.25) is 0 Å². The summed E-state index contributed by atoms with van der Waals surface area (Å²) in [5.41, 5.74) is 11.3. The molecule has 0 atom stereocenters. The molecule has 416 valence electrons. The SMILES string of the molecule is C#CC#CC#CC#CC#COc1ccc2c(-c3cccc4c(-c5cc(/C=C/C)c(OCCCCCCCC)cc5/C=C/C)cccc34)cc(/C=C\COCCCCCCCCCC)c(-c3ccc(-c4nnc(-c5ccccc5)o4)cc3)c2c1. The van der Waals surface area contributed by atoms with Gasteiger partial charge in [-0.15, -0.1) is 16.6 Å². The molecule has 0 aliphatic heterocycles. The van der Waals surface area contributed by atoms with E-state index in [9.17, 15) is 0 Å². The van der Waals surface area contributed by atoms with E-state index < -0.39 is 0 Å². The zero-order chi connectivity index (χ0) is 57.7. The first-order valence-corrected chi connectivity index (χ1v) is 29.6. The Labute approximate surface area is 493 Å². The molecule has 6 nitrogen and oxygen atoms in total. The van der Waals surface area contributed by atoms with E-state index in [0.717, 1.165) is 108 Å². The molecule has 0 N–H and O–H groups in total. The van der Waals surface area contributed by atoms with Gasteiger partial charge in [0, 0.05) is 47.0 Å². The number of benzene rings is 7. The summed E-state index contributed by atoms with van der Waals surface area (Å²) >= 11 is 0. The van der Waals surface area contributed by atoms with Crippen molar-refractivity contribution < 1.29 is 18.6 Å². The van der Waals surface area contributed by atoms with Gasteiger partial charge in [0.1, 0.15) is 17.6 Å². The van der Waals surface area contributed by atoms with Crippen molar-refractivity contribution in [2.75, 3.05) is 19.8 Å². The van der Waals surface area contributed by atoms with Gasteiger partial charge in [-0.05, 0) is 177 Å². The monoisotopic (exact) mass is 1090 g/mol. The fourth-order valence-electron chi connectivity index (χ4n) is 10.4. The number of aromatic nitrogens is 2. The van der Waals surface area contributed by atoms with Crippen LogP contribution in [-0.4, -0.2) is 30.0 Å². The van der Waals surface area contributed by atoms with Crippen molar-refractivity contribution >= 4 is 39.8 Å². The van der Waals surface area contributed by atoms with E-state index in [1.54, 1.807) is 0 Å². The molecule has 1 heterocycles. The number of hydrogen-bond acceptors (Lipinski definition) is 6. The predicted molar refractivity (Wildman–Crippen MR) is 348 cm³/mol. The van der Waals surface area contributed by atoms with Crippen LogP contribution in [0.15, 0.2) is 150 Å². The van der Waals surface area contributed by atoms with E-state index in [4.69, 9.17) is 25.1 Å². The second-order valence-electron chi connectivity index (χ2n) is 20.4. The van der Waals surface area contributed by atoms with Crippen LogP contribution in [0.25, 0.3) is 96.1 Å². The second kappa shape index (κ2) is 32.9. The van der Waals surface area contributed by atoms with Gasteiger partial charge in [-0.25, -0.2) is 0 Å². The summed E-state index contributed by atoms with van der Waals surface area (Å²) < 4.78 is 25.2. The van der Waals surface area contributed by atoms with Gasteiger partial charge < -0.3 is 18.6 Å². The van der Waals surface area contributed by atoms with Crippen LogP contribution in [-0.2, 0) is 4.74 Å². The minimum atomic E-state index is 0.437. The zero-order valence-corrected chi connectivity index (χ0v) is 48.7. The smallest absolute Gasteiger partial charge is 0.248 e. The van der Waals surface area contributed by atoms with Crippen molar-refractivity contribution in [3.8, 4) is 128 Å². The van der Waals surface area contributed by atoms with Gasteiger partial charge in [0.2, 0.25) is 11.8 Å². The van der Waals surface area contributed by atoms with E-state index in [1.165, 1.54) is 77.0 Å². The molecule has 0 spiro atoms. The first-order valence-electron chi connectivity index (χ1n) is 29.6. The maximum absolute atomic E-state index is 6.57. The van der Waals surface area contributed by atoms with Crippen molar-refractivity contribution in [2.45, 2.75) is 118 Å². The van der Waals surface area contributed by atoms with Crippen molar-refractivity contribution in [3.63, 3.8) is 0 Å². The molecule has 0 aliphatic carbocycles. The second-order valence-corrected chi connectivity index (χ2v) is 20.4. The first kappa shape index (κ1) is 59.9. The summed E-state index contributed by atoms with van der Waals surface area (Å²) in [7, 11) is 0. The average molecular weight is 1090 g/mol. The van der Waals surface area contributed by atoms with E-state index in [0.29, 0.717) is 30.7 Å². The molecule has 1 aromatic heterocycles. The molecule has 0 bridgehead atoms. The number of hydrogen-bond donors (Lipinski definition) is 0. The number of ether oxygens (including phenoxy) is 3. The molecule has 7 aromatic carbocycles. The Morgan fingerprint density at radius 3 is 1.70 bits per heavy atom. The third-order valence-corrected chi connectivity index (χ3v) is 14.5. The highest BCUT2D eigenvalue weighted by molar-refractivity contribution is 6.14. The lowest BCUT2D eigenvalue weighted by Gasteiger charge is -2.19. The molecule has 0 fully saturated rings. The van der Waals surface area contributed by atoms with Crippen molar-refractivity contribution in [1.29, 1.82) is 0 Å². The standard InChI is InChI=1S/C77H74N2O4/c1-6-11-14-17-20-22-24-30-51-80-52-35-40-64-56-72(69-44-34-41-66-67(69)42-33-43-68(66)71-55-63(37-10-5)74(57-62(71)36-9-4)82-54-32-25-19-16-13-8-3)70-50-49-65(81-53-31-26-23-21-18-15-12-7-2)58-73(70)75(64)59-45-47-61(48-46-59)77-79-78-76(83-77)60-38-28-27-29-39-60/h2,9-10,27-29,33-50,55-58H,6,8,11,13-14,16-17,19-20,22,24-25,30,32,51-52,54H2,1,3-5H3/b36-9+,37-10+,40-35-. The summed E-state index contributed by atoms with van der Waals surface area (Å²) in [6.07, 6.45) is 38.1. The van der Waals surface area contributed by atoms with Crippen molar-refractivity contribution in [1.82, 2.24) is 10.2 Å². The zero-order valence-electron chi connectivity index (χ0n) is 48.7. The summed E-state index contributed by atoms with van der Waals surface area (Å²) in [4.78, 5) is 0. The summed E-state index contributed by atoms with van der Waals surface area (Å²) in [6.45, 7) is 10.5. The topological polar surface area (TPSA) is 66.6 Å². The van der Waals surface area contributed by atoms with Crippen LogP contribution in [0.4, 0.5) is 0 Å².